The van der Waals surface area contributed by atoms with Crippen LogP contribution in [-0.4, -0.2) is 49.2 Å². The lowest BCUT2D eigenvalue weighted by Crippen LogP contribution is -2.38. The van der Waals surface area contributed by atoms with Crippen molar-refractivity contribution in [2.24, 2.45) is 17.8 Å². The van der Waals surface area contributed by atoms with E-state index in [4.69, 9.17) is 4.74 Å². The molecule has 1 N–H and O–H groups in total. The number of rotatable bonds is 5. The van der Waals surface area contributed by atoms with Gasteiger partial charge in [-0.1, -0.05) is 18.6 Å². The summed E-state index contributed by atoms with van der Waals surface area (Å²) in [4.78, 5) is 25.3. The van der Waals surface area contributed by atoms with E-state index in [0.29, 0.717) is 19.6 Å². The zero-order valence-corrected chi connectivity index (χ0v) is 12.0. The van der Waals surface area contributed by atoms with Gasteiger partial charge in [0, 0.05) is 6.54 Å². The average Bonchev–Trinajstić information content (AvgIpc) is 2.26. The van der Waals surface area contributed by atoms with Gasteiger partial charge in [0.15, 0.2) is 0 Å². The van der Waals surface area contributed by atoms with Crippen molar-refractivity contribution in [3.8, 4) is 0 Å². The number of esters is 1. The quantitative estimate of drug-likeness (QED) is 0.603. The Bertz CT molecular complexity index is 376. The normalized spacial score (nSPS) is 27.0. The molecule has 5 heteroatoms. The third-order valence-electron chi connectivity index (χ3n) is 3.46. The van der Waals surface area contributed by atoms with Crippen molar-refractivity contribution in [3.63, 3.8) is 0 Å². The van der Waals surface area contributed by atoms with Crippen molar-refractivity contribution in [2.45, 2.75) is 20.3 Å². The largest absolute Gasteiger partial charge is 0.481 e. The SMILES string of the molecule is CC1=CC(C)C(C(=O)O)C(C(=O)OCCN(C)C)C1. The molecule has 1 aliphatic rings. The molecule has 0 fully saturated rings. The second kappa shape index (κ2) is 6.70. The molecule has 0 radical (unpaired) electrons. The standard InChI is InChI=1S/C14H23NO4/c1-9-7-10(2)12(13(16)17)11(8-9)14(18)19-6-5-15(3)4/h7,10-12H,5-6,8H2,1-4H3,(H,16,17). The van der Waals surface area contributed by atoms with Gasteiger partial charge in [-0.2, -0.15) is 0 Å². The molecular weight excluding hydrogens is 246 g/mol. The summed E-state index contributed by atoms with van der Waals surface area (Å²) in [6.45, 7) is 4.70. The van der Waals surface area contributed by atoms with Crippen LogP contribution in [0.4, 0.5) is 0 Å². The summed E-state index contributed by atoms with van der Waals surface area (Å²) in [5.41, 5.74) is 1.06. The van der Waals surface area contributed by atoms with E-state index in [0.717, 1.165) is 5.57 Å². The van der Waals surface area contributed by atoms with Gasteiger partial charge in [0.2, 0.25) is 0 Å². The topological polar surface area (TPSA) is 66.8 Å². The average molecular weight is 269 g/mol. The monoisotopic (exact) mass is 269 g/mol. The molecule has 1 rings (SSSR count). The molecule has 3 unspecified atom stereocenters. The molecule has 0 aromatic rings. The molecule has 0 saturated heterocycles. The van der Waals surface area contributed by atoms with Crippen molar-refractivity contribution >= 4 is 11.9 Å². The first-order valence-electron chi connectivity index (χ1n) is 6.54. The summed E-state index contributed by atoms with van der Waals surface area (Å²) in [7, 11) is 3.78. The Kier molecular flexibility index (Phi) is 5.54. The van der Waals surface area contributed by atoms with E-state index >= 15 is 0 Å². The van der Waals surface area contributed by atoms with Crippen LogP contribution < -0.4 is 0 Å². The summed E-state index contributed by atoms with van der Waals surface area (Å²) >= 11 is 0. The van der Waals surface area contributed by atoms with Crippen LogP contribution in [0.2, 0.25) is 0 Å². The maximum atomic E-state index is 12.1. The smallest absolute Gasteiger partial charge is 0.310 e. The summed E-state index contributed by atoms with van der Waals surface area (Å²) in [5.74, 6) is -2.72. The lowest BCUT2D eigenvalue weighted by Gasteiger charge is -2.30. The lowest BCUT2D eigenvalue weighted by atomic mass is 9.74. The van der Waals surface area contributed by atoms with E-state index in [1.807, 2.05) is 38.9 Å². The van der Waals surface area contributed by atoms with Gasteiger partial charge >= 0.3 is 11.9 Å². The van der Waals surface area contributed by atoms with Gasteiger partial charge in [0.25, 0.3) is 0 Å². The zero-order chi connectivity index (χ0) is 14.6. The van der Waals surface area contributed by atoms with Crippen LogP contribution in [-0.2, 0) is 14.3 Å². The molecule has 19 heavy (non-hydrogen) atoms. The second-order valence-electron chi connectivity index (χ2n) is 5.52. The van der Waals surface area contributed by atoms with Crippen LogP contribution in [0.3, 0.4) is 0 Å². The first-order chi connectivity index (χ1) is 8.82. The van der Waals surface area contributed by atoms with Crippen molar-refractivity contribution in [2.75, 3.05) is 27.2 Å². The van der Waals surface area contributed by atoms with Gasteiger partial charge in [-0.25, -0.2) is 0 Å². The van der Waals surface area contributed by atoms with Gasteiger partial charge in [-0.3, -0.25) is 9.59 Å². The number of ether oxygens (including phenoxy) is 1. The first-order valence-corrected chi connectivity index (χ1v) is 6.54. The molecule has 1 aliphatic carbocycles. The molecule has 0 aliphatic heterocycles. The van der Waals surface area contributed by atoms with Crippen molar-refractivity contribution in [3.05, 3.63) is 11.6 Å². The zero-order valence-electron chi connectivity index (χ0n) is 12.0. The molecule has 3 atom stereocenters. The van der Waals surface area contributed by atoms with Crippen LogP contribution in [0, 0.1) is 17.8 Å². The molecule has 0 aromatic carbocycles. The Balaban J connectivity index is 2.70. The fraction of sp³-hybridized carbons (Fsp3) is 0.714. The van der Waals surface area contributed by atoms with Gasteiger partial charge in [0.05, 0.1) is 11.8 Å². The summed E-state index contributed by atoms with van der Waals surface area (Å²) < 4.78 is 5.20. The Morgan fingerprint density at radius 2 is 2.11 bits per heavy atom. The minimum Gasteiger partial charge on any atom is -0.481 e. The van der Waals surface area contributed by atoms with E-state index < -0.39 is 23.8 Å². The van der Waals surface area contributed by atoms with E-state index in [1.165, 1.54) is 0 Å². The van der Waals surface area contributed by atoms with E-state index in [-0.39, 0.29) is 5.92 Å². The fourth-order valence-corrected chi connectivity index (χ4v) is 2.52. The number of hydrogen-bond acceptors (Lipinski definition) is 4. The Morgan fingerprint density at radius 3 is 2.63 bits per heavy atom. The minimum absolute atomic E-state index is 0.141. The van der Waals surface area contributed by atoms with Crippen molar-refractivity contribution < 1.29 is 19.4 Å². The number of carbonyl (C=O) groups is 2. The number of likely N-dealkylation sites (N-methyl/N-ethyl adjacent to an activating group) is 1. The molecule has 0 spiro atoms. The highest BCUT2D eigenvalue weighted by Crippen LogP contribution is 2.34. The number of carboxylic acids is 1. The maximum Gasteiger partial charge on any atom is 0.310 e. The Labute approximate surface area is 114 Å². The lowest BCUT2D eigenvalue weighted by molar-refractivity contribution is -0.159. The summed E-state index contributed by atoms with van der Waals surface area (Å²) in [6, 6.07) is 0. The Hall–Kier alpha value is -1.36. The van der Waals surface area contributed by atoms with E-state index in [2.05, 4.69) is 0 Å². The highest BCUT2D eigenvalue weighted by Gasteiger charge is 2.40. The fourth-order valence-electron chi connectivity index (χ4n) is 2.52. The van der Waals surface area contributed by atoms with E-state index in [1.54, 1.807) is 0 Å². The molecule has 0 bridgehead atoms. The number of carbonyl (C=O) groups excluding carboxylic acids is 1. The van der Waals surface area contributed by atoms with Crippen LogP contribution in [0.5, 0.6) is 0 Å². The predicted octanol–water partition coefficient (Wildman–Crippen LogP) is 1.39. The van der Waals surface area contributed by atoms with Crippen molar-refractivity contribution in [1.82, 2.24) is 4.90 Å². The number of nitrogens with zero attached hydrogens (tertiary/aromatic N) is 1. The number of allylic oxidation sites excluding steroid dienone is 2. The minimum atomic E-state index is -0.925. The van der Waals surface area contributed by atoms with Gasteiger partial charge in [0.1, 0.15) is 6.61 Å². The van der Waals surface area contributed by atoms with Crippen LogP contribution in [0.1, 0.15) is 20.3 Å². The molecule has 5 nitrogen and oxygen atoms in total. The van der Waals surface area contributed by atoms with Crippen molar-refractivity contribution in [1.29, 1.82) is 0 Å². The third-order valence-corrected chi connectivity index (χ3v) is 3.46. The Morgan fingerprint density at radius 1 is 1.47 bits per heavy atom. The highest BCUT2D eigenvalue weighted by molar-refractivity contribution is 5.82. The number of hydrogen-bond donors (Lipinski definition) is 1. The van der Waals surface area contributed by atoms with E-state index in [9.17, 15) is 14.7 Å². The van der Waals surface area contributed by atoms with Crippen LogP contribution in [0.15, 0.2) is 11.6 Å². The van der Waals surface area contributed by atoms with Gasteiger partial charge in [-0.15, -0.1) is 0 Å². The molecular formula is C14H23NO4. The molecule has 0 heterocycles. The second-order valence-corrected chi connectivity index (χ2v) is 5.52. The van der Waals surface area contributed by atoms with Gasteiger partial charge in [-0.05, 0) is 33.4 Å². The van der Waals surface area contributed by atoms with Crippen LogP contribution >= 0.6 is 0 Å². The molecule has 0 amide bonds. The summed E-state index contributed by atoms with van der Waals surface area (Å²) in [5, 5.41) is 9.28. The third kappa shape index (κ3) is 4.35. The maximum absolute atomic E-state index is 12.1. The molecule has 0 aromatic heterocycles. The van der Waals surface area contributed by atoms with Gasteiger partial charge < -0.3 is 14.7 Å². The van der Waals surface area contributed by atoms with Crippen LogP contribution in [0.25, 0.3) is 0 Å². The number of carboxylic acid groups (broad SMARTS) is 1. The molecule has 108 valence electrons. The first kappa shape index (κ1) is 15.7. The molecule has 0 saturated carbocycles. The predicted molar refractivity (Wildman–Crippen MR) is 71.7 cm³/mol. The summed E-state index contributed by atoms with van der Waals surface area (Å²) in [6.07, 6.45) is 2.41. The number of aliphatic carboxylic acids is 1. The highest BCUT2D eigenvalue weighted by atomic mass is 16.5.